The average molecular weight is 398 g/mol. The van der Waals surface area contributed by atoms with Crippen molar-refractivity contribution in [1.29, 1.82) is 0 Å². The van der Waals surface area contributed by atoms with E-state index in [1.54, 1.807) is 12.4 Å². The third kappa shape index (κ3) is 3.19. The molecule has 0 saturated heterocycles. The second-order valence-electron chi connectivity index (χ2n) is 6.93. The van der Waals surface area contributed by atoms with Crippen molar-refractivity contribution < 1.29 is 9.90 Å². The molecule has 0 spiro atoms. The summed E-state index contributed by atoms with van der Waals surface area (Å²) < 4.78 is 0. The number of aromatic amines is 2. The zero-order chi connectivity index (χ0) is 20.5. The fourth-order valence-electron chi connectivity index (χ4n) is 3.51. The monoisotopic (exact) mass is 398 g/mol. The van der Waals surface area contributed by atoms with Crippen molar-refractivity contribution in [3.63, 3.8) is 0 Å². The van der Waals surface area contributed by atoms with Crippen molar-refractivity contribution in [2.75, 3.05) is 6.61 Å². The molecule has 0 saturated carbocycles. The topological polar surface area (TPSA) is 120 Å². The summed E-state index contributed by atoms with van der Waals surface area (Å²) in [5.74, 6) is -0.198. The summed E-state index contributed by atoms with van der Waals surface area (Å²) in [6, 6.07) is 16.4. The quantitative estimate of drug-likeness (QED) is 0.363. The van der Waals surface area contributed by atoms with Crippen LogP contribution < -0.4 is 5.32 Å². The van der Waals surface area contributed by atoms with Crippen molar-refractivity contribution in [1.82, 2.24) is 30.5 Å². The Labute approximate surface area is 171 Å². The van der Waals surface area contributed by atoms with Crippen LogP contribution in [0.1, 0.15) is 22.2 Å². The number of imidazole rings is 1. The van der Waals surface area contributed by atoms with Crippen LogP contribution in [0.3, 0.4) is 0 Å². The summed E-state index contributed by atoms with van der Waals surface area (Å²) in [6.45, 7) is -0.208. The molecule has 0 radical (unpaired) electrons. The zero-order valence-corrected chi connectivity index (χ0v) is 15.8. The number of nitrogens with zero attached hydrogens (tertiary/aromatic N) is 3. The maximum Gasteiger partial charge on any atom is 0.287 e. The molecule has 0 bridgehead atoms. The Bertz CT molecular complexity index is 1330. The van der Waals surface area contributed by atoms with Crippen molar-refractivity contribution in [2.45, 2.75) is 6.04 Å². The number of fused-ring (bicyclic) bond motifs is 2. The first-order chi connectivity index (χ1) is 14.7. The smallest absolute Gasteiger partial charge is 0.287 e. The Balaban J connectivity index is 1.48. The molecule has 2 aromatic carbocycles. The molecule has 148 valence electrons. The highest BCUT2D eigenvalue weighted by Crippen LogP contribution is 2.28. The molecular weight excluding hydrogens is 380 g/mol. The van der Waals surface area contributed by atoms with E-state index >= 15 is 0 Å². The lowest BCUT2D eigenvalue weighted by Crippen LogP contribution is -2.31. The van der Waals surface area contributed by atoms with Gasteiger partial charge in [0.1, 0.15) is 5.69 Å². The SMILES string of the molecule is O=C(N[C@H](CO)c1ccccc1)c1nc2cc3c(-c4ccncc4)n[nH]c3cc2[nH]1. The van der Waals surface area contributed by atoms with Crippen LogP contribution in [0.2, 0.25) is 0 Å². The van der Waals surface area contributed by atoms with Gasteiger partial charge in [0.05, 0.1) is 29.2 Å². The van der Waals surface area contributed by atoms with E-state index in [1.807, 2.05) is 54.6 Å². The van der Waals surface area contributed by atoms with Gasteiger partial charge in [-0.05, 0) is 29.8 Å². The molecule has 5 rings (SSSR count). The minimum Gasteiger partial charge on any atom is -0.394 e. The van der Waals surface area contributed by atoms with E-state index in [2.05, 4.69) is 30.5 Å². The number of rotatable bonds is 5. The fourth-order valence-corrected chi connectivity index (χ4v) is 3.51. The van der Waals surface area contributed by atoms with Crippen molar-refractivity contribution in [2.24, 2.45) is 0 Å². The van der Waals surface area contributed by atoms with Gasteiger partial charge < -0.3 is 15.4 Å². The predicted octanol–water partition coefficient (Wildman–Crippen LogP) is 2.96. The number of hydrogen-bond donors (Lipinski definition) is 4. The van der Waals surface area contributed by atoms with Crippen LogP contribution in [-0.2, 0) is 0 Å². The first-order valence-electron chi connectivity index (χ1n) is 9.48. The van der Waals surface area contributed by atoms with E-state index in [0.717, 1.165) is 33.2 Å². The van der Waals surface area contributed by atoms with Gasteiger partial charge in [-0.25, -0.2) is 4.98 Å². The summed E-state index contributed by atoms with van der Waals surface area (Å²) >= 11 is 0. The van der Waals surface area contributed by atoms with Crippen molar-refractivity contribution in [3.05, 3.63) is 78.4 Å². The lowest BCUT2D eigenvalue weighted by atomic mass is 10.1. The largest absolute Gasteiger partial charge is 0.394 e. The van der Waals surface area contributed by atoms with Crippen LogP contribution in [0, 0.1) is 0 Å². The fraction of sp³-hybridized carbons (Fsp3) is 0.0909. The number of pyridine rings is 1. The normalized spacial score (nSPS) is 12.3. The van der Waals surface area contributed by atoms with Gasteiger partial charge in [0.15, 0.2) is 5.82 Å². The molecule has 8 nitrogen and oxygen atoms in total. The van der Waals surface area contributed by atoms with Crippen LogP contribution in [0.25, 0.3) is 33.2 Å². The van der Waals surface area contributed by atoms with E-state index in [4.69, 9.17) is 0 Å². The van der Waals surface area contributed by atoms with Gasteiger partial charge in [-0.3, -0.25) is 14.9 Å². The standard InChI is InChI=1S/C22H18N6O2/c29-12-19(13-4-2-1-3-5-13)26-22(30)21-24-17-10-15-16(11-18(17)25-21)27-28-20(15)14-6-8-23-9-7-14/h1-11,19,29H,12H2,(H,24,25)(H,26,30)(H,27,28)/t19-/m1/s1. The first-order valence-corrected chi connectivity index (χ1v) is 9.48. The zero-order valence-electron chi connectivity index (χ0n) is 15.8. The molecule has 0 aliphatic carbocycles. The highest BCUT2D eigenvalue weighted by atomic mass is 16.3. The van der Waals surface area contributed by atoms with Crippen LogP contribution in [-0.4, -0.2) is 42.8 Å². The number of carbonyl (C=O) groups is 1. The highest BCUT2D eigenvalue weighted by Gasteiger charge is 2.19. The summed E-state index contributed by atoms with van der Waals surface area (Å²) in [7, 11) is 0. The van der Waals surface area contributed by atoms with Crippen LogP contribution in [0.15, 0.2) is 67.0 Å². The second kappa shape index (κ2) is 7.41. The van der Waals surface area contributed by atoms with Gasteiger partial charge >= 0.3 is 0 Å². The number of benzene rings is 2. The molecule has 30 heavy (non-hydrogen) atoms. The van der Waals surface area contributed by atoms with Crippen LogP contribution in [0.4, 0.5) is 0 Å². The second-order valence-corrected chi connectivity index (χ2v) is 6.93. The van der Waals surface area contributed by atoms with Gasteiger partial charge in [0, 0.05) is 23.3 Å². The van der Waals surface area contributed by atoms with Crippen molar-refractivity contribution >= 4 is 27.8 Å². The van der Waals surface area contributed by atoms with Gasteiger partial charge in [0.25, 0.3) is 5.91 Å². The Morgan fingerprint density at radius 1 is 1.07 bits per heavy atom. The highest BCUT2D eigenvalue weighted by molar-refractivity contribution is 6.02. The van der Waals surface area contributed by atoms with Crippen molar-refractivity contribution in [3.8, 4) is 11.3 Å². The third-order valence-corrected chi connectivity index (χ3v) is 5.02. The number of aromatic nitrogens is 5. The molecule has 4 N–H and O–H groups in total. The molecule has 3 heterocycles. The van der Waals surface area contributed by atoms with Crippen LogP contribution in [0.5, 0.6) is 0 Å². The molecule has 0 fully saturated rings. The Hall–Kier alpha value is -4.04. The first kappa shape index (κ1) is 18.0. The molecule has 0 aliphatic heterocycles. The summed E-state index contributed by atoms with van der Waals surface area (Å²) in [6.07, 6.45) is 3.44. The molecular formula is C22H18N6O2. The minimum atomic E-state index is -0.510. The maximum absolute atomic E-state index is 12.7. The number of aliphatic hydroxyl groups excluding tert-OH is 1. The molecule has 0 aliphatic rings. The van der Waals surface area contributed by atoms with E-state index in [1.165, 1.54) is 0 Å². The summed E-state index contributed by atoms with van der Waals surface area (Å²) in [5, 5.41) is 20.9. The summed E-state index contributed by atoms with van der Waals surface area (Å²) in [4.78, 5) is 24.3. The molecule has 5 aromatic rings. The number of H-pyrrole nitrogens is 2. The maximum atomic E-state index is 12.7. The Morgan fingerprint density at radius 3 is 2.63 bits per heavy atom. The minimum absolute atomic E-state index is 0.186. The lowest BCUT2D eigenvalue weighted by molar-refractivity contribution is 0.0907. The lowest BCUT2D eigenvalue weighted by Gasteiger charge is -2.15. The molecule has 1 atom stereocenters. The summed E-state index contributed by atoms with van der Waals surface area (Å²) in [5.41, 5.74) is 4.78. The number of amides is 1. The molecule has 0 unspecified atom stereocenters. The number of hydrogen-bond acceptors (Lipinski definition) is 5. The van der Waals surface area contributed by atoms with E-state index in [9.17, 15) is 9.90 Å². The number of carbonyl (C=O) groups excluding carboxylic acids is 1. The molecule has 8 heteroatoms. The Morgan fingerprint density at radius 2 is 1.87 bits per heavy atom. The number of aliphatic hydroxyl groups is 1. The van der Waals surface area contributed by atoms with Gasteiger partial charge in [-0.1, -0.05) is 30.3 Å². The van der Waals surface area contributed by atoms with Gasteiger partial charge in [-0.2, -0.15) is 5.10 Å². The molecule has 3 aromatic heterocycles. The van der Waals surface area contributed by atoms with E-state index < -0.39 is 6.04 Å². The molecule has 1 amide bonds. The Kier molecular flexibility index (Phi) is 4.45. The predicted molar refractivity (Wildman–Crippen MR) is 113 cm³/mol. The average Bonchev–Trinajstić information content (AvgIpc) is 3.40. The third-order valence-electron chi connectivity index (χ3n) is 5.02. The number of nitrogens with one attached hydrogen (secondary N) is 3. The van der Waals surface area contributed by atoms with Gasteiger partial charge in [-0.15, -0.1) is 0 Å². The van der Waals surface area contributed by atoms with E-state index in [-0.39, 0.29) is 18.3 Å². The van der Waals surface area contributed by atoms with Gasteiger partial charge in [0.2, 0.25) is 0 Å². The van der Waals surface area contributed by atoms with Crippen LogP contribution >= 0.6 is 0 Å². The van der Waals surface area contributed by atoms with E-state index in [0.29, 0.717) is 5.52 Å².